The number of methoxy groups -OCH3 is 1. The van der Waals surface area contributed by atoms with Crippen LogP contribution in [0.4, 0.5) is 0 Å². The fourth-order valence-electron chi connectivity index (χ4n) is 0.547. The fourth-order valence-corrected chi connectivity index (χ4v) is 0.547. The number of rotatable bonds is 4. The molecule has 0 aromatic heterocycles. The van der Waals surface area contributed by atoms with Crippen LogP contribution in [0.2, 0.25) is 0 Å². The summed E-state index contributed by atoms with van der Waals surface area (Å²) in [6, 6.07) is 0. The first-order chi connectivity index (χ1) is 5.26. The van der Waals surface area contributed by atoms with Gasteiger partial charge in [0, 0.05) is 0 Å². The Morgan fingerprint density at radius 2 is 2.09 bits per heavy atom. The van der Waals surface area contributed by atoms with Crippen molar-refractivity contribution in [3.63, 3.8) is 0 Å². The zero-order valence-corrected chi connectivity index (χ0v) is 6.92. The van der Waals surface area contributed by atoms with Crippen molar-refractivity contribution < 1.29 is 19.3 Å². The summed E-state index contributed by atoms with van der Waals surface area (Å²) < 4.78 is 4.64. The van der Waals surface area contributed by atoms with Crippen LogP contribution in [0.3, 0.4) is 0 Å². The number of carbonyl (C=O) groups is 1. The molecule has 0 saturated carbocycles. The Morgan fingerprint density at radius 1 is 1.45 bits per heavy atom. The highest BCUT2D eigenvalue weighted by Gasteiger charge is 2.09. The molecule has 4 nitrogen and oxygen atoms in total. The average molecular weight is 160 g/mol. The van der Waals surface area contributed by atoms with E-state index >= 15 is 0 Å². The summed E-state index contributed by atoms with van der Waals surface area (Å²) in [5.41, 5.74) is 0.439. The van der Waals surface area contributed by atoms with Crippen LogP contribution in [0, 0.1) is 0 Å². The second-order valence-corrected chi connectivity index (χ2v) is 1.77. The second kappa shape index (κ2) is 5.73. The van der Waals surface area contributed by atoms with Crippen molar-refractivity contribution in [3.05, 3.63) is 11.8 Å². The van der Waals surface area contributed by atoms with Crippen molar-refractivity contribution >= 4 is 5.97 Å². The largest absolute Gasteiger partial charge is 0.504 e. The molecule has 0 aromatic carbocycles. The summed E-state index contributed by atoms with van der Waals surface area (Å²) in [5, 5.41) is 0. The van der Waals surface area contributed by atoms with Gasteiger partial charge in [0.05, 0.1) is 26.1 Å². The summed E-state index contributed by atoms with van der Waals surface area (Å²) in [4.78, 5) is 19.3. The molecule has 0 heterocycles. The third-order valence-electron chi connectivity index (χ3n) is 1.06. The fraction of sp³-hybridized carbons (Fsp3) is 0.571. The average Bonchev–Trinajstić information content (AvgIpc) is 2.00. The molecular formula is C7H12O4. The van der Waals surface area contributed by atoms with E-state index in [0.717, 1.165) is 0 Å². The van der Waals surface area contributed by atoms with Crippen molar-refractivity contribution in [1.82, 2.24) is 0 Å². The van der Waals surface area contributed by atoms with Crippen molar-refractivity contribution in [2.45, 2.75) is 13.3 Å². The monoisotopic (exact) mass is 160 g/mol. The Labute approximate surface area is 65.7 Å². The minimum atomic E-state index is -0.517. The van der Waals surface area contributed by atoms with E-state index < -0.39 is 5.97 Å². The molecule has 64 valence electrons. The molecule has 0 fully saturated rings. The van der Waals surface area contributed by atoms with Gasteiger partial charge in [-0.3, -0.25) is 4.89 Å². The highest BCUT2D eigenvalue weighted by molar-refractivity contribution is 5.87. The predicted octanol–water partition coefficient (Wildman–Crippen LogP) is 1.03. The highest BCUT2D eigenvalue weighted by atomic mass is 17.2. The Kier molecular flexibility index (Phi) is 5.20. The summed E-state index contributed by atoms with van der Waals surface area (Å²) in [6.07, 6.45) is 1.89. The highest BCUT2D eigenvalue weighted by Crippen LogP contribution is 2.02. The van der Waals surface area contributed by atoms with Gasteiger partial charge in [-0.1, -0.05) is 6.92 Å². The van der Waals surface area contributed by atoms with Gasteiger partial charge >= 0.3 is 5.97 Å². The third-order valence-corrected chi connectivity index (χ3v) is 1.06. The lowest BCUT2D eigenvalue weighted by Crippen LogP contribution is -2.06. The van der Waals surface area contributed by atoms with Crippen molar-refractivity contribution in [3.8, 4) is 0 Å². The molecule has 4 heteroatoms. The Bertz CT molecular complexity index is 151. The topological polar surface area (TPSA) is 44.8 Å². The molecule has 0 aliphatic carbocycles. The molecule has 0 N–H and O–H groups in total. The SMILES string of the molecule is CCC(=COC)C(=O)OOC. The van der Waals surface area contributed by atoms with Gasteiger partial charge in [-0.25, -0.2) is 4.79 Å². The van der Waals surface area contributed by atoms with Crippen LogP contribution in [-0.4, -0.2) is 20.2 Å². The van der Waals surface area contributed by atoms with Gasteiger partial charge in [-0.2, -0.15) is 4.89 Å². The number of carbonyl (C=O) groups excluding carboxylic acids is 1. The maximum atomic E-state index is 10.9. The zero-order chi connectivity index (χ0) is 8.69. The van der Waals surface area contributed by atoms with Crippen LogP contribution in [0.15, 0.2) is 11.8 Å². The van der Waals surface area contributed by atoms with Crippen LogP contribution < -0.4 is 0 Å². The quantitative estimate of drug-likeness (QED) is 0.267. The number of ether oxygens (including phenoxy) is 1. The van der Waals surface area contributed by atoms with E-state index in [0.29, 0.717) is 12.0 Å². The van der Waals surface area contributed by atoms with E-state index in [-0.39, 0.29) is 0 Å². The molecule has 0 amide bonds. The number of hydrogen-bond donors (Lipinski definition) is 0. The summed E-state index contributed by atoms with van der Waals surface area (Å²) >= 11 is 0. The van der Waals surface area contributed by atoms with Gasteiger partial charge in [0.25, 0.3) is 0 Å². The van der Waals surface area contributed by atoms with E-state index in [4.69, 9.17) is 0 Å². The normalized spacial score (nSPS) is 11.0. The Balaban J connectivity index is 4.03. The molecular weight excluding hydrogens is 148 g/mol. The van der Waals surface area contributed by atoms with Gasteiger partial charge < -0.3 is 4.74 Å². The summed E-state index contributed by atoms with van der Waals surface area (Å²) in [5.74, 6) is -0.517. The first kappa shape index (κ1) is 9.97. The van der Waals surface area contributed by atoms with Gasteiger partial charge in [0.2, 0.25) is 0 Å². The lowest BCUT2D eigenvalue weighted by Gasteiger charge is -2.00. The molecule has 0 radical (unpaired) electrons. The van der Waals surface area contributed by atoms with Crippen LogP contribution >= 0.6 is 0 Å². The van der Waals surface area contributed by atoms with E-state index in [1.807, 2.05) is 6.92 Å². The predicted molar refractivity (Wildman–Crippen MR) is 38.5 cm³/mol. The minimum absolute atomic E-state index is 0.439. The zero-order valence-electron chi connectivity index (χ0n) is 6.92. The van der Waals surface area contributed by atoms with Crippen LogP contribution in [0.1, 0.15) is 13.3 Å². The molecule has 0 aliphatic rings. The maximum absolute atomic E-state index is 10.9. The molecule has 0 rings (SSSR count). The van der Waals surface area contributed by atoms with Gasteiger partial charge in [0.1, 0.15) is 0 Å². The van der Waals surface area contributed by atoms with Crippen molar-refractivity contribution in [2.24, 2.45) is 0 Å². The summed E-state index contributed by atoms with van der Waals surface area (Å²) in [7, 11) is 2.74. The Hall–Kier alpha value is -1.03. The van der Waals surface area contributed by atoms with Crippen LogP contribution in [0.5, 0.6) is 0 Å². The van der Waals surface area contributed by atoms with Gasteiger partial charge in [-0.15, -0.1) is 0 Å². The number of hydrogen-bond acceptors (Lipinski definition) is 4. The van der Waals surface area contributed by atoms with Gasteiger partial charge in [-0.05, 0) is 6.42 Å². The van der Waals surface area contributed by atoms with Crippen LogP contribution in [0.25, 0.3) is 0 Å². The molecule has 0 saturated heterocycles. The lowest BCUT2D eigenvalue weighted by molar-refractivity contribution is -0.250. The molecule has 0 atom stereocenters. The molecule has 11 heavy (non-hydrogen) atoms. The first-order valence-electron chi connectivity index (χ1n) is 3.23. The molecule has 0 bridgehead atoms. The van der Waals surface area contributed by atoms with Crippen molar-refractivity contribution in [1.29, 1.82) is 0 Å². The van der Waals surface area contributed by atoms with Gasteiger partial charge in [0.15, 0.2) is 0 Å². The van der Waals surface area contributed by atoms with E-state index in [1.54, 1.807) is 0 Å². The minimum Gasteiger partial charge on any atom is -0.504 e. The maximum Gasteiger partial charge on any atom is 0.372 e. The molecule has 0 unspecified atom stereocenters. The second-order valence-electron chi connectivity index (χ2n) is 1.77. The standard InChI is InChI=1S/C7H12O4/c1-4-6(5-9-2)7(8)11-10-3/h5H,4H2,1-3H3. The Morgan fingerprint density at radius 3 is 2.45 bits per heavy atom. The third kappa shape index (κ3) is 3.62. The molecule has 0 aromatic rings. The first-order valence-corrected chi connectivity index (χ1v) is 3.23. The van der Waals surface area contributed by atoms with Crippen molar-refractivity contribution in [2.75, 3.05) is 14.2 Å². The molecule has 0 spiro atoms. The van der Waals surface area contributed by atoms with E-state index in [9.17, 15) is 4.79 Å². The summed E-state index contributed by atoms with van der Waals surface area (Å²) in [6.45, 7) is 1.82. The lowest BCUT2D eigenvalue weighted by atomic mass is 10.2. The smallest absolute Gasteiger partial charge is 0.372 e. The van der Waals surface area contributed by atoms with Crippen LogP contribution in [-0.2, 0) is 19.3 Å². The van der Waals surface area contributed by atoms with E-state index in [2.05, 4.69) is 14.5 Å². The molecule has 0 aliphatic heterocycles. The van der Waals surface area contributed by atoms with E-state index in [1.165, 1.54) is 20.5 Å².